The first-order valence-corrected chi connectivity index (χ1v) is 10.6. The Kier molecular flexibility index (Phi) is 13.3. The van der Waals surface area contributed by atoms with Crippen molar-refractivity contribution in [3.8, 4) is 0 Å². The van der Waals surface area contributed by atoms with Gasteiger partial charge in [-0.2, -0.15) is 0 Å². The van der Waals surface area contributed by atoms with Gasteiger partial charge in [-0.1, -0.05) is 25.6 Å². The van der Waals surface area contributed by atoms with E-state index in [1.54, 1.807) is 18.9 Å². The van der Waals surface area contributed by atoms with Crippen molar-refractivity contribution in [1.29, 1.82) is 0 Å². The van der Waals surface area contributed by atoms with Crippen molar-refractivity contribution in [2.24, 2.45) is 10.9 Å². The van der Waals surface area contributed by atoms with E-state index in [4.69, 9.17) is 4.74 Å². The van der Waals surface area contributed by atoms with Crippen molar-refractivity contribution >= 4 is 41.7 Å². The first kappa shape index (κ1) is 26.4. The van der Waals surface area contributed by atoms with E-state index >= 15 is 0 Å². The van der Waals surface area contributed by atoms with Gasteiger partial charge >= 0.3 is 0 Å². The van der Waals surface area contributed by atoms with Crippen LogP contribution < -0.4 is 10.6 Å². The Balaban J connectivity index is 0.00000676. The van der Waals surface area contributed by atoms with Crippen molar-refractivity contribution in [2.75, 3.05) is 33.0 Å². The van der Waals surface area contributed by atoms with Crippen molar-refractivity contribution in [2.45, 2.75) is 64.8 Å². The highest BCUT2D eigenvalue weighted by Gasteiger charge is 2.16. The highest BCUT2D eigenvalue weighted by atomic mass is 127. The molecular weight excluding hydrogens is 475 g/mol. The van der Waals surface area contributed by atoms with Crippen LogP contribution in [0.15, 0.2) is 10.1 Å². The first-order valence-electron chi connectivity index (χ1n) is 9.36. The Morgan fingerprint density at radius 2 is 2.00 bits per heavy atom. The van der Waals surface area contributed by atoms with Gasteiger partial charge in [0.05, 0.1) is 12.1 Å². The molecule has 0 fully saturated rings. The molecule has 0 amide bonds. The van der Waals surface area contributed by atoms with Crippen LogP contribution in [0.1, 0.15) is 46.9 Å². The Labute approximate surface area is 185 Å². The van der Waals surface area contributed by atoms with Crippen LogP contribution in [0.25, 0.3) is 0 Å². The Hall–Kier alpha value is -0.550. The minimum absolute atomic E-state index is 0. The smallest absolute Gasteiger partial charge is 0.191 e. The van der Waals surface area contributed by atoms with E-state index in [9.17, 15) is 0 Å². The number of aliphatic imine (C=N–C) groups is 1. The van der Waals surface area contributed by atoms with Crippen LogP contribution in [-0.4, -0.2) is 59.3 Å². The second-order valence-electron chi connectivity index (χ2n) is 7.30. The quantitative estimate of drug-likeness (QED) is 0.156. The zero-order chi connectivity index (χ0) is 19.6. The number of nitrogens with one attached hydrogen (secondary N) is 2. The minimum atomic E-state index is -0.260. The van der Waals surface area contributed by atoms with Gasteiger partial charge < -0.3 is 19.9 Å². The molecule has 0 aliphatic rings. The van der Waals surface area contributed by atoms with E-state index < -0.39 is 0 Å². The highest BCUT2D eigenvalue weighted by Crippen LogP contribution is 2.16. The largest absolute Gasteiger partial charge is 0.377 e. The average molecular weight is 513 g/mol. The summed E-state index contributed by atoms with van der Waals surface area (Å²) in [6.45, 7) is 13.8. The molecule has 0 saturated carbocycles. The molecule has 0 aromatic carbocycles. The maximum absolute atomic E-state index is 5.42. The molecule has 27 heavy (non-hydrogen) atoms. The first-order chi connectivity index (χ1) is 12.3. The van der Waals surface area contributed by atoms with E-state index in [0.717, 1.165) is 49.4 Å². The molecular formula is C18H37IN6OS. The molecule has 158 valence electrons. The number of nitrogens with zero attached hydrogens (tertiary/aromatic N) is 4. The predicted octanol–water partition coefficient (Wildman–Crippen LogP) is 3.19. The second-order valence-corrected chi connectivity index (χ2v) is 8.07. The lowest BCUT2D eigenvalue weighted by Crippen LogP contribution is -2.39. The molecule has 1 rings (SSSR count). The molecule has 0 aliphatic heterocycles. The van der Waals surface area contributed by atoms with Gasteiger partial charge in [0.25, 0.3) is 0 Å². The molecule has 7 nitrogen and oxygen atoms in total. The number of aromatic nitrogens is 3. The Morgan fingerprint density at radius 3 is 2.56 bits per heavy atom. The predicted molar refractivity (Wildman–Crippen MR) is 125 cm³/mol. The van der Waals surface area contributed by atoms with E-state index in [-0.39, 0.29) is 29.6 Å². The fourth-order valence-corrected chi connectivity index (χ4v) is 2.86. The molecule has 1 aromatic rings. The third-order valence-electron chi connectivity index (χ3n) is 3.91. The number of guanidine groups is 1. The van der Waals surface area contributed by atoms with Gasteiger partial charge in [0.1, 0.15) is 5.82 Å². The van der Waals surface area contributed by atoms with Crippen LogP contribution in [-0.2, 0) is 17.7 Å². The summed E-state index contributed by atoms with van der Waals surface area (Å²) in [5.41, 5.74) is -0.260. The second kappa shape index (κ2) is 13.6. The summed E-state index contributed by atoms with van der Waals surface area (Å²) in [5, 5.41) is 16.3. The van der Waals surface area contributed by atoms with Gasteiger partial charge in [0.15, 0.2) is 11.1 Å². The average Bonchev–Trinajstić information content (AvgIpc) is 2.97. The maximum Gasteiger partial charge on any atom is 0.191 e. The zero-order valence-electron chi connectivity index (χ0n) is 17.8. The Bertz CT molecular complexity index is 562. The van der Waals surface area contributed by atoms with Crippen LogP contribution in [0.3, 0.4) is 0 Å². The van der Waals surface area contributed by atoms with Crippen molar-refractivity contribution in [3.05, 3.63) is 5.82 Å². The summed E-state index contributed by atoms with van der Waals surface area (Å²) in [4.78, 5) is 4.61. The van der Waals surface area contributed by atoms with Crippen LogP contribution >= 0.6 is 35.7 Å². The molecule has 0 bridgehead atoms. The highest BCUT2D eigenvalue weighted by molar-refractivity contribution is 14.0. The monoisotopic (exact) mass is 512 g/mol. The number of rotatable bonds is 11. The number of hydrogen-bond acceptors (Lipinski definition) is 5. The SMILES string of the molecule is CCNC(=NCC(C)(C)OC)NCCCc1nnc(SC)n1CC(C)C.I. The lowest BCUT2D eigenvalue weighted by molar-refractivity contribution is 0.0310. The number of methoxy groups -OCH3 is 1. The maximum atomic E-state index is 5.42. The van der Waals surface area contributed by atoms with Crippen LogP contribution in [0.4, 0.5) is 0 Å². The molecule has 9 heteroatoms. The van der Waals surface area contributed by atoms with Crippen LogP contribution in [0.2, 0.25) is 0 Å². The van der Waals surface area contributed by atoms with Gasteiger partial charge in [-0.05, 0) is 39.4 Å². The fraction of sp³-hybridized carbons (Fsp3) is 0.833. The molecule has 0 unspecified atom stereocenters. The van der Waals surface area contributed by atoms with E-state index in [0.29, 0.717) is 12.5 Å². The number of ether oxygens (including phenoxy) is 1. The topological polar surface area (TPSA) is 76.4 Å². The van der Waals surface area contributed by atoms with E-state index in [1.165, 1.54) is 0 Å². The number of thioether (sulfide) groups is 1. The van der Waals surface area contributed by atoms with Gasteiger partial charge in [0.2, 0.25) is 0 Å². The summed E-state index contributed by atoms with van der Waals surface area (Å²) < 4.78 is 7.67. The van der Waals surface area contributed by atoms with Crippen LogP contribution in [0.5, 0.6) is 0 Å². The van der Waals surface area contributed by atoms with Gasteiger partial charge in [-0.25, -0.2) is 0 Å². The standard InChI is InChI=1S/C18H36N6OS.HI/c1-8-19-16(21-13-18(4,5)25-6)20-11-9-10-15-22-23-17(26-7)24(15)12-14(2)3;/h14H,8-13H2,1-7H3,(H2,19,20,21);1H. The summed E-state index contributed by atoms with van der Waals surface area (Å²) in [7, 11) is 1.71. The zero-order valence-corrected chi connectivity index (χ0v) is 21.0. The fourth-order valence-electron chi connectivity index (χ4n) is 2.33. The molecule has 0 spiro atoms. The van der Waals surface area contributed by atoms with Gasteiger partial charge in [-0.3, -0.25) is 4.99 Å². The summed E-state index contributed by atoms with van der Waals surface area (Å²) >= 11 is 1.65. The van der Waals surface area contributed by atoms with Gasteiger partial charge in [0, 0.05) is 33.2 Å². The molecule has 2 N–H and O–H groups in total. The number of aryl methyl sites for hydroxylation is 1. The van der Waals surface area contributed by atoms with E-state index in [1.807, 2.05) is 20.1 Å². The summed E-state index contributed by atoms with van der Waals surface area (Å²) in [6.07, 6.45) is 3.92. The number of halogens is 1. The summed E-state index contributed by atoms with van der Waals surface area (Å²) in [5.74, 6) is 2.46. The third kappa shape index (κ3) is 9.98. The van der Waals surface area contributed by atoms with Crippen LogP contribution in [0, 0.1) is 5.92 Å². The molecule has 1 aromatic heterocycles. The van der Waals surface area contributed by atoms with Crippen molar-refractivity contribution in [3.63, 3.8) is 0 Å². The normalized spacial score (nSPS) is 12.2. The Morgan fingerprint density at radius 1 is 1.30 bits per heavy atom. The summed E-state index contributed by atoms with van der Waals surface area (Å²) in [6, 6.07) is 0. The lowest BCUT2D eigenvalue weighted by Gasteiger charge is -2.21. The molecule has 0 radical (unpaired) electrons. The minimum Gasteiger partial charge on any atom is -0.377 e. The molecule has 0 atom stereocenters. The van der Waals surface area contributed by atoms with E-state index in [2.05, 4.69) is 51.2 Å². The third-order valence-corrected chi connectivity index (χ3v) is 4.58. The molecule has 0 saturated heterocycles. The van der Waals surface area contributed by atoms with Crippen molar-refractivity contribution in [1.82, 2.24) is 25.4 Å². The molecule has 1 heterocycles. The number of hydrogen-bond donors (Lipinski definition) is 2. The van der Waals surface area contributed by atoms with Crippen molar-refractivity contribution < 1.29 is 4.74 Å². The lowest BCUT2D eigenvalue weighted by atomic mass is 10.1. The molecule has 0 aliphatic carbocycles. The van der Waals surface area contributed by atoms with Gasteiger partial charge in [-0.15, -0.1) is 34.2 Å².